The highest BCUT2D eigenvalue weighted by atomic mass is 19.4. The van der Waals surface area contributed by atoms with Gasteiger partial charge in [0.2, 0.25) is 11.8 Å². The van der Waals surface area contributed by atoms with Crippen LogP contribution in [0.1, 0.15) is 33.1 Å². The second-order valence-corrected chi connectivity index (χ2v) is 9.19. The van der Waals surface area contributed by atoms with Gasteiger partial charge in [-0.15, -0.1) is 0 Å². The van der Waals surface area contributed by atoms with E-state index in [1.807, 2.05) is 30.3 Å². The molecule has 11 heteroatoms. The molecule has 1 saturated carbocycles. The van der Waals surface area contributed by atoms with Gasteiger partial charge in [-0.05, 0) is 37.3 Å². The molecule has 1 aliphatic heterocycles. The van der Waals surface area contributed by atoms with Crippen LogP contribution in [0.15, 0.2) is 30.3 Å². The molecule has 3 rings (SSSR count). The summed E-state index contributed by atoms with van der Waals surface area (Å²) < 4.78 is 43.6. The molecule has 0 unspecified atom stereocenters. The van der Waals surface area contributed by atoms with Gasteiger partial charge in [0.25, 0.3) is 0 Å². The van der Waals surface area contributed by atoms with Crippen LogP contribution in [0.5, 0.6) is 0 Å². The van der Waals surface area contributed by atoms with E-state index in [0.29, 0.717) is 26.2 Å². The number of ether oxygens (including phenoxy) is 1. The largest absolute Gasteiger partial charge is 0.490 e. The maximum absolute atomic E-state index is 13.3. The maximum atomic E-state index is 13.3. The van der Waals surface area contributed by atoms with Crippen LogP contribution in [0.3, 0.4) is 0 Å². The quantitative estimate of drug-likeness (QED) is 0.378. The van der Waals surface area contributed by atoms with Crippen molar-refractivity contribution in [3.8, 4) is 0 Å². The summed E-state index contributed by atoms with van der Waals surface area (Å²) >= 11 is 0. The van der Waals surface area contributed by atoms with Gasteiger partial charge < -0.3 is 14.5 Å². The molecule has 3 atom stereocenters. The van der Waals surface area contributed by atoms with Crippen molar-refractivity contribution in [2.45, 2.75) is 44.9 Å². The number of carbonyl (C=O) groups is 3. The van der Waals surface area contributed by atoms with E-state index in [1.54, 1.807) is 18.7 Å². The van der Waals surface area contributed by atoms with Gasteiger partial charge in [0.1, 0.15) is 5.60 Å². The van der Waals surface area contributed by atoms with Crippen LogP contribution in [0, 0.1) is 17.8 Å². The fourth-order valence-electron chi connectivity index (χ4n) is 4.91. The number of nitrogens with zero attached hydrogens (tertiary/aromatic N) is 2. The Bertz CT molecular complexity index is 888. The molecule has 2 aliphatic rings. The first-order chi connectivity index (χ1) is 16.0. The third kappa shape index (κ3) is 5.45. The highest BCUT2D eigenvalue weighted by molar-refractivity contribution is 5.88. The van der Waals surface area contributed by atoms with Crippen molar-refractivity contribution >= 4 is 23.5 Å². The predicted octanol–water partition coefficient (Wildman–Crippen LogP) is 2.76. The van der Waals surface area contributed by atoms with Crippen molar-refractivity contribution < 1.29 is 37.5 Å². The van der Waals surface area contributed by atoms with E-state index in [2.05, 4.69) is 4.90 Å². The van der Waals surface area contributed by atoms with Crippen LogP contribution >= 0.6 is 0 Å². The van der Waals surface area contributed by atoms with Gasteiger partial charge in [-0.25, -0.2) is 10.3 Å². The summed E-state index contributed by atoms with van der Waals surface area (Å²) in [5, 5.41) is 9.26. The molecule has 1 aromatic rings. The minimum Gasteiger partial charge on any atom is -0.452 e. The molecule has 8 nitrogen and oxygen atoms in total. The lowest BCUT2D eigenvalue weighted by molar-refractivity contribution is -0.224. The SMILES string of the molecule is CC(C)[C@@]1(OC(=O)C(F)(F)F)CC[C@H](C(=O)N2CCN(c3ccccc3)CC2)[C@@H](C(=O)NO)C1. The Kier molecular flexibility index (Phi) is 7.74. The predicted molar refractivity (Wildman–Crippen MR) is 116 cm³/mol. The van der Waals surface area contributed by atoms with E-state index in [-0.39, 0.29) is 25.2 Å². The molecule has 1 aliphatic carbocycles. The van der Waals surface area contributed by atoms with E-state index < -0.39 is 41.4 Å². The first kappa shape index (κ1) is 25.8. The van der Waals surface area contributed by atoms with Gasteiger partial charge in [-0.1, -0.05) is 32.0 Å². The lowest BCUT2D eigenvalue weighted by Gasteiger charge is -2.46. The molecule has 34 heavy (non-hydrogen) atoms. The third-order valence-corrected chi connectivity index (χ3v) is 6.99. The number of para-hydroxylation sites is 1. The van der Waals surface area contributed by atoms with E-state index in [9.17, 15) is 32.8 Å². The van der Waals surface area contributed by atoms with Crippen molar-refractivity contribution in [1.82, 2.24) is 10.4 Å². The fraction of sp³-hybridized carbons (Fsp3) is 0.609. The average Bonchev–Trinajstić information content (AvgIpc) is 2.83. The molecule has 2 fully saturated rings. The number of rotatable bonds is 5. The van der Waals surface area contributed by atoms with E-state index in [4.69, 9.17) is 4.74 Å². The van der Waals surface area contributed by atoms with Crippen LogP contribution in [0.2, 0.25) is 0 Å². The van der Waals surface area contributed by atoms with Crippen LogP contribution < -0.4 is 10.4 Å². The van der Waals surface area contributed by atoms with Gasteiger partial charge in [0, 0.05) is 31.9 Å². The van der Waals surface area contributed by atoms with Crippen LogP contribution in [-0.4, -0.2) is 65.8 Å². The molecule has 0 radical (unpaired) electrons. The molecular weight excluding hydrogens is 455 g/mol. The standard InChI is InChI=1S/C23H30F3N3O5/c1-15(2)22(34-21(32)23(24,25)26)9-8-17(18(14-22)19(30)27-33)20(31)29-12-10-28(11-13-29)16-6-4-3-5-7-16/h3-7,15,17-18,33H,8-14H2,1-2H3,(H,27,30)/t17-,18-,22+/m0/s1. The molecule has 2 N–H and O–H groups in total. The monoisotopic (exact) mass is 485 g/mol. The Balaban J connectivity index is 1.74. The van der Waals surface area contributed by atoms with Crippen LogP contribution in [-0.2, 0) is 19.1 Å². The minimum absolute atomic E-state index is 0.00207. The molecule has 0 bridgehead atoms. The van der Waals surface area contributed by atoms with Gasteiger partial charge in [-0.3, -0.25) is 14.8 Å². The number of hydrogen-bond acceptors (Lipinski definition) is 6. The summed E-state index contributed by atoms with van der Waals surface area (Å²) in [6, 6.07) is 9.74. The zero-order valence-electron chi connectivity index (χ0n) is 19.2. The summed E-state index contributed by atoms with van der Waals surface area (Å²) in [5.41, 5.74) is 0.994. The minimum atomic E-state index is -5.18. The van der Waals surface area contributed by atoms with Gasteiger partial charge in [0.15, 0.2) is 0 Å². The smallest absolute Gasteiger partial charge is 0.452 e. The Morgan fingerprint density at radius 2 is 1.71 bits per heavy atom. The number of benzene rings is 1. The number of hydrogen-bond donors (Lipinski definition) is 2. The molecule has 188 valence electrons. The first-order valence-electron chi connectivity index (χ1n) is 11.3. The zero-order chi connectivity index (χ0) is 25.1. The molecule has 1 aromatic carbocycles. The summed E-state index contributed by atoms with van der Waals surface area (Å²) in [4.78, 5) is 41.2. The highest BCUT2D eigenvalue weighted by Gasteiger charge is 2.54. The number of carbonyl (C=O) groups excluding carboxylic acids is 3. The summed E-state index contributed by atoms with van der Waals surface area (Å²) in [5.74, 6) is -6.02. The van der Waals surface area contributed by atoms with E-state index in [1.165, 1.54) is 5.48 Å². The number of esters is 1. The third-order valence-electron chi connectivity index (χ3n) is 6.99. The molecular formula is C23H30F3N3O5. The second-order valence-electron chi connectivity index (χ2n) is 9.19. The molecule has 0 aromatic heterocycles. The lowest BCUT2D eigenvalue weighted by Crippen LogP contribution is -2.56. The topological polar surface area (TPSA) is 99.2 Å². The van der Waals surface area contributed by atoms with Crippen molar-refractivity contribution in [2.24, 2.45) is 17.8 Å². The average molecular weight is 486 g/mol. The normalized spacial score (nSPS) is 25.7. The number of halogens is 3. The van der Waals surface area contributed by atoms with Crippen molar-refractivity contribution in [3.05, 3.63) is 30.3 Å². The summed E-state index contributed by atoms with van der Waals surface area (Å²) in [7, 11) is 0. The number of alkyl halides is 3. The molecule has 0 spiro atoms. The van der Waals surface area contributed by atoms with Gasteiger partial charge >= 0.3 is 12.1 Å². The van der Waals surface area contributed by atoms with Gasteiger partial charge in [-0.2, -0.15) is 13.2 Å². The molecule has 1 heterocycles. The Labute approximate surface area is 196 Å². The number of nitrogens with one attached hydrogen (secondary N) is 1. The molecule has 2 amide bonds. The Hall–Kier alpha value is -2.82. The zero-order valence-corrected chi connectivity index (χ0v) is 19.2. The maximum Gasteiger partial charge on any atom is 0.490 e. The van der Waals surface area contributed by atoms with Crippen LogP contribution in [0.4, 0.5) is 18.9 Å². The van der Waals surface area contributed by atoms with Crippen LogP contribution in [0.25, 0.3) is 0 Å². The number of anilines is 1. The number of piperazine rings is 1. The lowest BCUT2D eigenvalue weighted by atomic mass is 9.66. The van der Waals surface area contributed by atoms with E-state index in [0.717, 1.165) is 5.69 Å². The Morgan fingerprint density at radius 1 is 1.09 bits per heavy atom. The fourth-order valence-corrected chi connectivity index (χ4v) is 4.91. The van der Waals surface area contributed by atoms with E-state index >= 15 is 0 Å². The first-order valence-corrected chi connectivity index (χ1v) is 11.3. The summed E-state index contributed by atoms with van der Waals surface area (Å²) in [6.07, 6.45) is -5.41. The molecule has 1 saturated heterocycles. The van der Waals surface area contributed by atoms with Crippen molar-refractivity contribution in [1.29, 1.82) is 0 Å². The summed E-state index contributed by atoms with van der Waals surface area (Å²) in [6.45, 7) is 5.24. The van der Waals surface area contributed by atoms with Crippen molar-refractivity contribution in [3.63, 3.8) is 0 Å². The van der Waals surface area contributed by atoms with Crippen molar-refractivity contribution in [2.75, 3.05) is 31.1 Å². The highest BCUT2D eigenvalue weighted by Crippen LogP contribution is 2.45. The van der Waals surface area contributed by atoms with Gasteiger partial charge in [0.05, 0.1) is 11.8 Å². The Morgan fingerprint density at radius 3 is 2.24 bits per heavy atom. The second kappa shape index (κ2) is 10.2. The number of hydroxylamine groups is 1. The number of amides is 2.